The average molecular weight is 259 g/mol. The average Bonchev–Trinajstić information content (AvgIpc) is 2.84. The van der Waals surface area contributed by atoms with Crippen LogP contribution in [-0.4, -0.2) is 17.6 Å². The van der Waals surface area contributed by atoms with Gasteiger partial charge in [-0.2, -0.15) is 0 Å². The second kappa shape index (κ2) is 5.56. The predicted molar refractivity (Wildman–Crippen MR) is 72.9 cm³/mol. The molecule has 0 atom stereocenters. The van der Waals surface area contributed by atoms with Gasteiger partial charge < -0.3 is 4.52 Å². The van der Waals surface area contributed by atoms with Gasteiger partial charge in [-0.1, -0.05) is 22.9 Å². The van der Waals surface area contributed by atoms with E-state index >= 15 is 0 Å². The molecule has 5 nitrogen and oxygen atoms in total. The van der Waals surface area contributed by atoms with E-state index in [4.69, 9.17) is 4.52 Å². The van der Waals surface area contributed by atoms with Crippen LogP contribution in [0.1, 0.15) is 28.7 Å². The Kier molecular flexibility index (Phi) is 3.85. The van der Waals surface area contributed by atoms with Crippen molar-refractivity contribution in [2.75, 3.05) is 11.6 Å². The summed E-state index contributed by atoms with van der Waals surface area (Å²) in [6.07, 6.45) is 0. The molecule has 0 aliphatic carbocycles. The van der Waals surface area contributed by atoms with Crippen LogP contribution in [0, 0.1) is 13.8 Å². The molecule has 1 aromatic carbocycles. The summed E-state index contributed by atoms with van der Waals surface area (Å²) in [6.45, 7) is 6.42. The Morgan fingerprint density at radius 1 is 1.32 bits per heavy atom. The van der Waals surface area contributed by atoms with Crippen LogP contribution in [0.2, 0.25) is 0 Å². The van der Waals surface area contributed by atoms with E-state index in [1.165, 1.54) is 5.56 Å². The Labute approximate surface area is 112 Å². The van der Waals surface area contributed by atoms with Crippen LogP contribution >= 0.6 is 0 Å². The number of aromatic nitrogens is 1. The van der Waals surface area contributed by atoms with Crippen molar-refractivity contribution in [3.8, 4) is 0 Å². The summed E-state index contributed by atoms with van der Waals surface area (Å²) < 4.78 is 4.94. The molecular formula is C14H17N3O2. The van der Waals surface area contributed by atoms with Gasteiger partial charge in [-0.15, -0.1) is 0 Å². The molecule has 0 fully saturated rings. The highest BCUT2D eigenvalue weighted by atomic mass is 16.5. The summed E-state index contributed by atoms with van der Waals surface area (Å²) >= 11 is 0. The van der Waals surface area contributed by atoms with Crippen LogP contribution in [0.4, 0.5) is 5.69 Å². The van der Waals surface area contributed by atoms with Gasteiger partial charge in [0.25, 0.3) is 0 Å². The summed E-state index contributed by atoms with van der Waals surface area (Å²) in [7, 11) is 0. The number of anilines is 1. The zero-order chi connectivity index (χ0) is 13.8. The van der Waals surface area contributed by atoms with E-state index in [-0.39, 0.29) is 11.7 Å². The molecule has 1 amide bonds. The standard InChI is InChI=1S/C14H17N3O2/c1-4-17(12-7-5-10(2)6-8-12)15-14(18)13-9-11(3)16-19-13/h5-9H,4H2,1-3H3,(H,15,18). The minimum atomic E-state index is -0.303. The first kappa shape index (κ1) is 13.1. The summed E-state index contributed by atoms with van der Waals surface area (Å²) in [6, 6.07) is 9.54. The maximum absolute atomic E-state index is 12.0. The van der Waals surface area contributed by atoms with Crippen LogP contribution in [0.15, 0.2) is 34.9 Å². The molecular weight excluding hydrogens is 242 g/mol. The van der Waals surface area contributed by atoms with Crippen molar-refractivity contribution < 1.29 is 9.32 Å². The monoisotopic (exact) mass is 259 g/mol. The third-order valence-corrected chi connectivity index (χ3v) is 2.75. The summed E-state index contributed by atoms with van der Waals surface area (Å²) in [5, 5.41) is 5.46. The van der Waals surface area contributed by atoms with Gasteiger partial charge >= 0.3 is 5.91 Å². The van der Waals surface area contributed by atoms with Crippen molar-refractivity contribution in [2.45, 2.75) is 20.8 Å². The highest BCUT2D eigenvalue weighted by molar-refractivity contribution is 5.92. The number of amides is 1. The first-order valence-electron chi connectivity index (χ1n) is 6.18. The highest BCUT2D eigenvalue weighted by Crippen LogP contribution is 2.13. The fourth-order valence-corrected chi connectivity index (χ4v) is 1.70. The van der Waals surface area contributed by atoms with Gasteiger partial charge in [0.1, 0.15) is 0 Å². The number of carbonyl (C=O) groups is 1. The lowest BCUT2D eigenvalue weighted by Gasteiger charge is -2.23. The molecule has 0 unspecified atom stereocenters. The Morgan fingerprint density at radius 3 is 2.53 bits per heavy atom. The predicted octanol–water partition coefficient (Wildman–Crippen LogP) is 2.46. The fraction of sp³-hybridized carbons (Fsp3) is 0.286. The highest BCUT2D eigenvalue weighted by Gasteiger charge is 2.14. The summed E-state index contributed by atoms with van der Waals surface area (Å²) in [5.74, 6) is -0.0916. The number of hydrazine groups is 1. The number of carbonyl (C=O) groups excluding carboxylic acids is 1. The molecule has 0 aliphatic heterocycles. The number of hydrogen-bond acceptors (Lipinski definition) is 4. The lowest BCUT2D eigenvalue weighted by Crippen LogP contribution is -2.42. The third-order valence-electron chi connectivity index (χ3n) is 2.75. The van der Waals surface area contributed by atoms with Gasteiger partial charge in [0.15, 0.2) is 0 Å². The van der Waals surface area contributed by atoms with E-state index in [0.717, 1.165) is 5.69 Å². The normalized spacial score (nSPS) is 10.3. The van der Waals surface area contributed by atoms with Crippen molar-refractivity contribution in [2.24, 2.45) is 0 Å². The maximum Gasteiger partial charge on any atom is 0.308 e. The molecule has 0 spiro atoms. The molecule has 0 saturated carbocycles. The van der Waals surface area contributed by atoms with Crippen LogP contribution in [0.5, 0.6) is 0 Å². The summed E-state index contributed by atoms with van der Waals surface area (Å²) in [4.78, 5) is 12.0. The minimum Gasteiger partial charge on any atom is -0.351 e. The quantitative estimate of drug-likeness (QED) is 0.857. The van der Waals surface area contributed by atoms with E-state index in [0.29, 0.717) is 12.2 Å². The Bertz CT molecular complexity index is 560. The molecule has 2 aromatic rings. The Morgan fingerprint density at radius 2 is 2.00 bits per heavy atom. The Balaban J connectivity index is 2.11. The van der Waals surface area contributed by atoms with Gasteiger partial charge in [-0.3, -0.25) is 15.2 Å². The van der Waals surface area contributed by atoms with Crippen molar-refractivity contribution in [1.29, 1.82) is 0 Å². The molecule has 19 heavy (non-hydrogen) atoms. The van der Waals surface area contributed by atoms with Crippen LogP contribution in [0.3, 0.4) is 0 Å². The van der Waals surface area contributed by atoms with Crippen molar-refractivity contribution in [3.63, 3.8) is 0 Å². The molecule has 0 bridgehead atoms. The van der Waals surface area contributed by atoms with Crippen molar-refractivity contribution in [1.82, 2.24) is 10.6 Å². The number of rotatable bonds is 4. The SMILES string of the molecule is CCN(NC(=O)c1cc(C)no1)c1ccc(C)cc1. The zero-order valence-corrected chi connectivity index (χ0v) is 11.3. The van der Waals surface area contributed by atoms with Crippen molar-refractivity contribution >= 4 is 11.6 Å². The van der Waals surface area contributed by atoms with Gasteiger partial charge in [-0.25, -0.2) is 0 Å². The van der Waals surface area contributed by atoms with E-state index in [1.54, 1.807) is 18.0 Å². The maximum atomic E-state index is 12.0. The summed E-state index contributed by atoms with van der Waals surface area (Å²) in [5.41, 5.74) is 5.58. The first-order chi connectivity index (χ1) is 9.10. The molecule has 0 aliphatic rings. The number of benzene rings is 1. The second-order valence-corrected chi connectivity index (χ2v) is 4.35. The molecule has 5 heteroatoms. The molecule has 0 radical (unpaired) electrons. The molecule has 100 valence electrons. The van der Waals surface area contributed by atoms with E-state index in [2.05, 4.69) is 10.6 Å². The van der Waals surface area contributed by atoms with E-state index in [9.17, 15) is 4.79 Å². The van der Waals surface area contributed by atoms with Gasteiger partial charge in [-0.05, 0) is 32.9 Å². The van der Waals surface area contributed by atoms with Crippen LogP contribution < -0.4 is 10.4 Å². The van der Waals surface area contributed by atoms with Gasteiger partial charge in [0.2, 0.25) is 5.76 Å². The molecule has 1 N–H and O–H groups in total. The van der Waals surface area contributed by atoms with E-state index < -0.39 is 0 Å². The molecule has 1 heterocycles. The minimum absolute atomic E-state index is 0.211. The van der Waals surface area contributed by atoms with Crippen molar-refractivity contribution in [3.05, 3.63) is 47.3 Å². The number of nitrogens with one attached hydrogen (secondary N) is 1. The molecule has 0 saturated heterocycles. The fourth-order valence-electron chi connectivity index (χ4n) is 1.70. The molecule has 2 rings (SSSR count). The lowest BCUT2D eigenvalue weighted by atomic mass is 10.2. The number of hydrogen-bond donors (Lipinski definition) is 1. The number of nitrogens with zero attached hydrogens (tertiary/aromatic N) is 2. The largest absolute Gasteiger partial charge is 0.351 e. The number of aryl methyl sites for hydroxylation is 2. The zero-order valence-electron chi connectivity index (χ0n) is 11.3. The molecule has 1 aromatic heterocycles. The van der Waals surface area contributed by atoms with Crippen LogP contribution in [-0.2, 0) is 0 Å². The van der Waals surface area contributed by atoms with Crippen LogP contribution in [0.25, 0.3) is 0 Å². The third kappa shape index (κ3) is 3.13. The first-order valence-corrected chi connectivity index (χ1v) is 6.18. The van der Waals surface area contributed by atoms with Gasteiger partial charge in [0.05, 0.1) is 11.4 Å². The Hall–Kier alpha value is -2.30. The second-order valence-electron chi connectivity index (χ2n) is 4.35. The lowest BCUT2D eigenvalue weighted by molar-refractivity contribution is 0.0912. The topological polar surface area (TPSA) is 58.4 Å². The van der Waals surface area contributed by atoms with Gasteiger partial charge in [0, 0.05) is 12.6 Å². The van der Waals surface area contributed by atoms with E-state index in [1.807, 2.05) is 38.1 Å². The smallest absolute Gasteiger partial charge is 0.308 e.